The lowest BCUT2D eigenvalue weighted by Gasteiger charge is -2.09. The Morgan fingerprint density at radius 3 is 1.03 bits per heavy atom. The summed E-state index contributed by atoms with van der Waals surface area (Å²) in [6, 6.07) is 47.2. The molecule has 0 atom stereocenters. The first-order valence-corrected chi connectivity index (χ1v) is 11.5. The van der Waals surface area contributed by atoms with Gasteiger partial charge in [0.25, 0.3) is 0 Å². The molecule has 0 bridgehead atoms. The van der Waals surface area contributed by atoms with E-state index in [2.05, 4.69) is 133 Å². The minimum absolute atomic E-state index is 0.684. The van der Waals surface area contributed by atoms with Crippen LogP contribution in [0.25, 0.3) is 32.3 Å². The monoisotopic (exact) mass is 414 g/mol. The minimum atomic E-state index is 0.684. The molecule has 0 amide bonds. The molecular formula is C30H23P. The van der Waals surface area contributed by atoms with Gasteiger partial charge in [0.1, 0.15) is 0 Å². The van der Waals surface area contributed by atoms with Crippen molar-refractivity contribution in [2.75, 3.05) is 0 Å². The standard InChI is InChI=1S/C20H15P.C10H8/c1-3-11-17-15(7-1)9-5-13-19(17)21-20-14-6-10-16-8-2-4-12-18(16)20;1-2-6-10-8-4-3-7-9(10)5-1/h1-14,21H;1-8H. The minimum Gasteiger partial charge on any atom is -0.0616 e. The fourth-order valence-corrected chi connectivity index (χ4v) is 5.32. The molecule has 6 aromatic rings. The Balaban J connectivity index is 0.000000171. The summed E-state index contributed by atoms with van der Waals surface area (Å²) < 4.78 is 0. The van der Waals surface area contributed by atoms with Gasteiger partial charge >= 0.3 is 0 Å². The molecule has 0 aliphatic rings. The normalized spacial score (nSPS) is 10.7. The van der Waals surface area contributed by atoms with E-state index in [1.807, 2.05) is 0 Å². The van der Waals surface area contributed by atoms with Crippen LogP contribution in [0.5, 0.6) is 0 Å². The van der Waals surface area contributed by atoms with Crippen molar-refractivity contribution in [1.29, 1.82) is 0 Å². The lowest BCUT2D eigenvalue weighted by atomic mass is 10.1. The molecule has 0 saturated carbocycles. The maximum Gasteiger partial charge on any atom is -0.0106 e. The van der Waals surface area contributed by atoms with Gasteiger partial charge in [-0.3, -0.25) is 0 Å². The molecule has 1 heteroatoms. The molecule has 0 N–H and O–H groups in total. The molecule has 0 aliphatic heterocycles. The average molecular weight is 414 g/mol. The van der Waals surface area contributed by atoms with Gasteiger partial charge in [0.15, 0.2) is 0 Å². The van der Waals surface area contributed by atoms with E-state index in [1.54, 1.807) is 0 Å². The predicted octanol–water partition coefficient (Wildman–Crippen LogP) is 7.46. The topological polar surface area (TPSA) is 0 Å². The summed E-state index contributed by atoms with van der Waals surface area (Å²) in [7, 11) is 0.684. The SMILES string of the molecule is c1ccc2c(Pc3cccc4ccccc34)cccc2c1.c1ccc2ccccc2c1. The van der Waals surface area contributed by atoms with E-state index in [4.69, 9.17) is 0 Å². The number of hydrogen-bond donors (Lipinski definition) is 0. The Hall–Kier alpha value is -3.47. The molecule has 6 aromatic carbocycles. The van der Waals surface area contributed by atoms with E-state index in [9.17, 15) is 0 Å². The van der Waals surface area contributed by atoms with Gasteiger partial charge in [-0.2, -0.15) is 0 Å². The van der Waals surface area contributed by atoms with Gasteiger partial charge in [0.05, 0.1) is 0 Å². The first-order chi connectivity index (χ1) is 15.4. The van der Waals surface area contributed by atoms with Gasteiger partial charge in [-0.05, 0) is 42.9 Å². The van der Waals surface area contributed by atoms with Gasteiger partial charge in [0.2, 0.25) is 0 Å². The summed E-state index contributed by atoms with van der Waals surface area (Å²) in [5, 5.41) is 10.8. The van der Waals surface area contributed by atoms with Crippen LogP contribution in [0.4, 0.5) is 0 Å². The highest BCUT2D eigenvalue weighted by Crippen LogP contribution is 2.23. The van der Waals surface area contributed by atoms with Gasteiger partial charge in [0, 0.05) is 0 Å². The maximum absolute atomic E-state index is 2.25. The van der Waals surface area contributed by atoms with Crippen LogP contribution in [0.15, 0.2) is 133 Å². The predicted molar refractivity (Wildman–Crippen MR) is 139 cm³/mol. The molecule has 0 heterocycles. The molecule has 31 heavy (non-hydrogen) atoms. The highest BCUT2D eigenvalue weighted by atomic mass is 31.1. The third-order valence-electron chi connectivity index (χ3n) is 5.51. The molecular weight excluding hydrogens is 391 g/mol. The zero-order valence-electron chi connectivity index (χ0n) is 17.2. The summed E-state index contributed by atoms with van der Waals surface area (Å²) >= 11 is 0. The third kappa shape index (κ3) is 4.36. The van der Waals surface area contributed by atoms with Crippen LogP contribution in [0.1, 0.15) is 0 Å². The number of rotatable bonds is 2. The second-order valence-corrected chi connectivity index (χ2v) is 8.85. The van der Waals surface area contributed by atoms with Crippen LogP contribution in [-0.2, 0) is 0 Å². The molecule has 0 aromatic heterocycles. The molecule has 6 rings (SSSR count). The smallest absolute Gasteiger partial charge is 0.0106 e. The second-order valence-electron chi connectivity index (χ2n) is 7.53. The second kappa shape index (κ2) is 9.13. The largest absolute Gasteiger partial charge is 0.0616 e. The van der Waals surface area contributed by atoms with Gasteiger partial charge in [-0.15, -0.1) is 0 Å². The molecule has 0 spiro atoms. The summed E-state index contributed by atoms with van der Waals surface area (Å²) in [5.41, 5.74) is 0. The summed E-state index contributed by atoms with van der Waals surface area (Å²) in [5.74, 6) is 0. The zero-order chi connectivity index (χ0) is 20.9. The van der Waals surface area contributed by atoms with Crippen molar-refractivity contribution >= 4 is 51.5 Å². The van der Waals surface area contributed by atoms with Crippen LogP contribution >= 0.6 is 8.58 Å². The van der Waals surface area contributed by atoms with Crippen LogP contribution in [-0.4, -0.2) is 0 Å². The Kier molecular flexibility index (Phi) is 5.74. The van der Waals surface area contributed by atoms with Crippen molar-refractivity contribution < 1.29 is 0 Å². The number of benzene rings is 6. The highest BCUT2D eigenvalue weighted by molar-refractivity contribution is 7.56. The van der Waals surface area contributed by atoms with Gasteiger partial charge in [-0.1, -0.05) is 142 Å². The van der Waals surface area contributed by atoms with Gasteiger partial charge < -0.3 is 0 Å². The Bertz CT molecular complexity index is 1310. The summed E-state index contributed by atoms with van der Waals surface area (Å²) in [6.45, 7) is 0. The molecule has 0 radical (unpaired) electrons. The maximum atomic E-state index is 2.25. The molecule has 0 nitrogen and oxygen atoms in total. The molecule has 0 fully saturated rings. The fraction of sp³-hybridized carbons (Fsp3) is 0. The molecule has 0 aliphatic carbocycles. The molecule has 0 saturated heterocycles. The van der Waals surface area contributed by atoms with Crippen LogP contribution < -0.4 is 10.6 Å². The fourth-order valence-electron chi connectivity index (χ4n) is 3.95. The first-order valence-electron chi connectivity index (χ1n) is 10.5. The highest BCUT2D eigenvalue weighted by Gasteiger charge is 2.04. The number of fused-ring (bicyclic) bond motifs is 3. The van der Waals surface area contributed by atoms with Crippen molar-refractivity contribution in [3.8, 4) is 0 Å². The zero-order valence-corrected chi connectivity index (χ0v) is 18.2. The Morgan fingerprint density at radius 1 is 0.290 bits per heavy atom. The third-order valence-corrected chi connectivity index (χ3v) is 6.92. The van der Waals surface area contributed by atoms with E-state index < -0.39 is 0 Å². The van der Waals surface area contributed by atoms with Crippen LogP contribution in [0.3, 0.4) is 0 Å². The quantitative estimate of drug-likeness (QED) is 0.258. The van der Waals surface area contributed by atoms with Crippen molar-refractivity contribution in [3.05, 3.63) is 133 Å². The van der Waals surface area contributed by atoms with E-state index >= 15 is 0 Å². The summed E-state index contributed by atoms with van der Waals surface area (Å²) in [4.78, 5) is 0. The van der Waals surface area contributed by atoms with Crippen LogP contribution in [0, 0.1) is 0 Å². The first kappa shape index (κ1) is 19.5. The van der Waals surface area contributed by atoms with Crippen LogP contribution in [0.2, 0.25) is 0 Å². The van der Waals surface area contributed by atoms with Crippen molar-refractivity contribution in [3.63, 3.8) is 0 Å². The summed E-state index contributed by atoms with van der Waals surface area (Å²) in [6.07, 6.45) is 0. The van der Waals surface area contributed by atoms with E-state index in [0.29, 0.717) is 8.58 Å². The van der Waals surface area contributed by atoms with E-state index in [1.165, 1.54) is 42.9 Å². The lowest BCUT2D eigenvalue weighted by molar-refractivity contribution is 1.75. The van der Waals surface area contributed by atoms with E-state index in [0.717, 1.165) is 0 Å². The lowest BCUT2D eigenvalue weighted by Crippen LogP contribution is -2.05. The molecule has 148 valence electrons. The van der Waals surface area contributed by atoms with Crippen molar-refractivity contribution in [2.24, 2.45) is 0 Å². The number of hydrogen-bond acceptors (Lipinski definition) is 0. The Labute approximate surface area is 185 Å². The van der Waals surface area contributed by atoms with E-state index in [-0.39, 0.29) is 0 Å². The average Bonchev–Trinajstić information content (AvgIpc) is 2.85. The van der Waals surface area contributed by atoms with Gasteiger partial charge in [-0.25, -0.2) is 0 Å². The Morgan fingerprint density at radius 2 is 0.613 bits per heavy atom. The van der Waals surface area contributed by atoms with Crippen molar-refractivity contribution in [2.45, 2.75) is 0 Å². The molecule has 0 unspecified atom stereocenters. The van der Waals surface area contributed by atoms with Crippen molar-refractivity contribution in [1.82, 2.24) is 0 Å².